The van der Waals surface area contributed by atoms with Gasteiger partial charge in [-0.3, -0.25) is 4.79 Å². The first-order valence-corrected chi connectivity index (χ1v) is 8.71. The van der Waals surface area contributed by atoms with Crippen molar-refractivity contribution in [3.8, 4) is 0 Å². The maximum Gasteiger partial charge on any atom is 0.340 e. The van der Waals surface area contributed by atoms with Gasteiger partial charge in [-0.1, -0.05) is 36.0 Å². The lowest BCUT2D eigenvalue weighted by Gasteiger charge is -2.43. The van der Waals surface area contributed by atoms with Gasteiger partial charge in [0.25, 0.3) is 5.91 Å². The predicted molar refractivity (Wildman–Crippen MR) is 88.2 cm³/mol. The first-order valence-electron chi connectivity index (χ1n) is 7.95. The number of carbonyl (C=O) groups excluding carboxylic acids is 2. The van der Waals surface area contributed by atoms with Crippen molar-refractivity contribution in [3.63, 3.8) is 0 Å². The van der Waals surface area contributed by atoms with Gasteiger partial charge in [-0.05, 0) is 18.9 Å². The molecule has 0 aromatic carbocycles. The summed E-state index contributed by atoms with van der Waals surface area (Å²) in [6.45, 7) is 0.756. The predicted octanol–water partition coefficient (Wildman–Crippen LogP) is 2.72. The first-order chi connectivity index (χ1) is 11.6. The van der Waals surface area contributed by atoms with Crippen LogP contribution in [0, 0.1) is 0 Å². The highest BCUT2D eigenvalue weighted by Crippen LogP contribution is 2.28. The topological polar surface area (TPSA) is 68.7 Å². The molecule has 1 aromatic rings. The average molecular weight is 373 g/mol. The van der Waals surface area contributed by atoms with Gasteiger partial charge in [-0.15, -0.1) is 0 Å². The Morgan fingerprint density at radius 2 is 2.12 bits per heavy atom. The minimum atomic E-state index is -0.650. The molecule has 8 heteroatoms. The second-order valence-corrected chi connectivity index (χ2v) is 6.69. The van der Waals surface area contributed by atoms with E-state index >= 15 is 0 Å². The van der Waals surface area contributed by atoms with Gasteiger partial charge < -0.3 is 14.4 Å². The fourth-order valence-electron chi connectivity index (χ4n) is 3.23. The quantitative estimate of drug-likeness (QED) is 0.602. The van der Waals surface area contributed by atoms with Gasteiger partial charge in [0.05, 0.1) is 29.3 Å². The van der Waals surface area contributed by atoms with Gasteiger partial charge in [-0.2, -0.15) is 0 Å². The normalized spacial score (nSPS) is 23.5. The molecule has 1 saturated heterocycles. The zero-order chi connectivity index (χ0) is 17.1. The van der Waals surface area contributed by atoms with Crippen LogP contribution >= 0.6 is 23.2 Å². The molecule has 0 spiro atoms. The van der Waals surface area contributed by atoms with Gasteiger partial charge in [0.2, 0.25) is 0 Å². The molecular weight excluding hydrogens is 355 g/mol. The number of fused-ring (bicyclic) bond motifs is 1. The Morgan fingerprint density at radius 1 is 1.33 bits per heavy atom. The van der Waals surface area contributed by atoms with Gasteiger partial charge in [0, 0.05) is 12.7 Å². The van der Waals surface area contributed by atoms with Crippen LogP contribution in [0.15, 0.2) is 12.3 Å². The van der Waals surface area contributed by atoms with Crippen LogP contribution in [0.3, 0.4) is 0 Å². The van der Waals surface area contributed by atoms with Crippen LogP contribution in [0.2, 0.25) is 10.2 Å². The van der Waals surface area contributed by atoms with Crippen molar-refractivity contribution in [2.24, 2.45) is 0 Å². The number of aromatic nitrogens is 1. The Labute approximate surface area is 150 Å². The van der Waals surface area contributed by atoms with Gasteiger partial charge in [-0.25, -0.2) is 9.78 Å². The van der Waals surface area contributed by atoms with Gasteiger partial charge in [0.15, 0.2) is 6.61 Å². The molecule has 130 valence electrons. The lowest BCUT2D eigenvalue weighted by atomic mass is 9.90. The van der Waals surface area contributed by atoms with Crippen molar-refractivity contribution in [3.05, 3.63) is 28.0 Å². The van der Waals surface area contributed by atoms with Crippen LogP contribution in [0.5, 0.6) is 0 Å². The average Bonchev–Trinajstić information content (AvgIpc) is 2.61. The summed E-state index contributed by atoms with van der Waals surface area (Å²) in [4.78, 5) is 30.0. The maximum absolute atomic E-state index is 12.4. The Kier molecular flexibility index (Phi) is 5.58. The van der Waals surface area contributed by atoms with Crippen LogP contribution in [0.4, 0.5) is 0 Å². The minimum Gasteiger partial charge on any atom is -0.452 e. The lowest BCUT2D eigenvalue weighted by Crippen LogP contribution is -2.55. The van der Waals surface area contributed by atoms with Crippen LogP contribution in [-0.2, 0) is 14.3 Å². The van der Waals surface area contributed by atoms with E-state index in [2.05, 4.69) is 4.98 Å². The second-order valence-electron chi connectivity index (χ2n) is 5.92. The summed E-state index contributed by atoms with van der Waals surface area (Å²) in [5.74, 6) is -0.848. The molecule has 2 aliphatic rings. The highest BCUT2D eigenvalue weighted by Gasteiger charge is 2.36. The molecule has 2 fully saturated rings. The number of hydrogen-bond donors (Lipinski definition) is 0. The van der Waals surface area contributed by atoms with Crippen molar-refractivity contribution in [1.82, 2.24) is 9.88 Å². The number of pyridine rings is 1. The molecule has 3 rings (SSSR count). The summed E-state index contributed by atoms with van der Waals surface area (Å²) in [5.41, 5.74) is 0.162. The van der Waals surface area contributed by atoms with Crippen LogP contribution < -0.4 is 0 Å². The highest BCUT2D eigenvalue weighted by atomic mass is 35.5. The highest BCUT2D eigenvalue weighted by molar-refractivity contribution is 6.41. The molecule has 0 N–H and O–H groups in total. The number of esters is 1. The second kappa shape index (κ2) is 7.68. The first kappa shape index (κ1) is 17.5. The molecule has 1 aromatic heterocycles. The SMILES string of the molecule is O=C(OCC(=O)N1CCO[C@@H]2CCCC[C@@H]21)c1cnc(Cl)c(Cl)c1. The van der Waals surface area contributed by atoms with Crippen molar-refractivity contribution in [2.75, 3.05) is 19.8 Å². The molecule has 0 unspecified atom stereocenters. The van der Waals surface area contributed by atoms with Crippen LogP contribution in [-0.4, -0.2) is 53.7 Å². The van der Waals surface area contributed by atoms with Crippen molar-refractivity contribution in [2.45, 2.75) is 37.8 Å². The van der Waals surface area contributed by atoms with E-state index in [1.807, 2.05) is 0 Å². The monoisotopic (exact) mass is 372 g/mol. The number of halogens is 2. The number of rotatable bonds is 3. The Balaban J connectivity index is 1.58. The van der Waals surface area contributed by atoms with E-state index in [9.17, 15) is 9.59 Å². The molecule has 1 amide bonds. The zero-order valence-corrected chi connectivity index (χ0v) is 14.6. The van der Waals surface area contributed by atoms with Crippen molar-refractivity contribution < 1.29 is 19.1 Å². The van der Waals surface area contributed by atoms with Gasteiger partial charge in [0.1, 0.15) is 5.15 Å². The van der Waals surface area contributed by atoms with E-state index in [1.54, 1.807) is 4.90 Å². The summed E-state index contributed by atoms with van der Waals surface area (Å²) >= 11 is 11.5. The number of amides is 1. The molecular formula is C16H18Cl2N2O4. The Hall–Kier alpha value is -1.37. The van der Waals surface area contributed by atoms with Crippen LogP contribution in [0.25, 0.3) is 0 Å². The molecule has 1 aliphatic carbocycles. The molecule has 6 nitrogen and oxygen atoms in total. The van der Waals surface area contributed by atoms with Crippen molar-refractivity contribution >= 4 is 35.1 Å². The lowest BCUT2D eigenvalue weighted by molar-refractivity contribution is -0.152. The number of morpholine rings is 1. The Bertz CT molecular complexity index is 639. The third-order valence-corrected chi connectivity index (χ3v) is 5.10. The number of carbonyl (C=O) groups is 2. The zero-order valence-electron chi connectivity index (χ0n) is 13.0. The number of nitrogens with zero attached hydrogens (tertiary/aromatic N) is 2. The maximum atomic E-state index is 12.4. The van der Waals surface area contributed by atoms with Crippen molar-refractivity contribution in [1.29, 1.82) is 0 Å². The van der Waals surface area contributed by atoms with E-state index in [0.717, 1.165) is 25.7 Å². The minimum absolute atomic E-state index is 0.0883. The number of ether oxygens (including phenoxy) is 2. The summed E-state index contributed by atoms with van der Waals surface area (Å²) in [6, 6.07) is 1.46. The third-order valence-electron chi connectivity index (χ3n) is 4.41. The fraction of sp³-hybridized carbons (Fsp3) is 0.562. The van der Waals surface area contributed by atoms with E-state index < -0.39 is 5.97 Å². The fourth-order valence-corrected chi connectivity index (χ4v) is 3.50. The van der Waals surface area contributed by atoms with E-state index in [4.69, 9.17) is 32.7 Å². The molecule has 24 heavy (non-hydrogen) atoms. The standard InChI is InChI=1S/C16H18Cl2N2O4/c17-11-7-10(8-19-15(11)18)16(22)24-9-14(21)20-5-6-23-13-4-2-1-3-12(13)20/h7-8,12-13H,1-6,9H2/t12-,13+/m0/s1. The summed E-state index contributed by atoms with van der Waals surface area (Å²) in [6.07, 6.45) is 5.49. The number of hydrogen-bond acceptors (Lipinski definition) is 5. The van der Waals surface area contributed by atoms with Gasteiger partial charge >= 0.3 is 5.97 Å². The molecule has 2 atom stereocenters. The summed E-state index contributed by atoms with van der Waals surface area (Å²) < 4.78 is 10.8. The molecule has 0 bridgehead atoms. The molecule has 0 radical (unpaired) electrons. The molecule has 1 saturated carbocycles. The molecule has 1 aliphatic heterocycles. The smallest absolute Gasteiger partial charge is 0.340 e. The molecule has 2 heterocycles. The van der Waals surface area contributed by atoms with Crippen LogP contribution in [0.1, 0.15) is 36.0 Å². The largest absolute Gasteiger partial charge is 0.452 e. The summed E-state index contributed by atoms with van der Waals surface area (Å²) in [7, 11) is 0. The van der Waals surface area contributed by atoms with E-state index in [1.165, 1.54) is 12.3 Å². The third kappa shape index (κ3) is 3.82. The Morgan fingerprint density at radius 3 is 2.92 bits per heavy atom. The summed E-state index contributed by atoms with van der Waals surface area (Å²) in [5, 5.41) is 0.275. The van der Waals surface area contributed by atoms with E-state index in [0.29, 0.717) is 13.2 Å². The van der Waals surface area contributed by atoms with E-state index in [-0.39, 0.29) is 40.4 Å².